The van der Waals surface area contributed by atoms with Crippen molar-refractivity contribution in [3.63, 3.8) is 0 Å². The number of aliphatic hydroxyl groups is 1. The number of imidazole rings is 1. The van der Waals surface area contributed by atoms with E-state index in [1.165, 1.54) is 17.4 Å². The maximum Gasteiger partial charge on any atom is 0.326 e. The lowest BCUT2D eigenvalue weighted by Crippen LogP contribution is -2.57. The smallest absolute Gasteiger partial charge is 0.326 e. The molecular formula is C20H33N7O6. The minimum Gasteiger partial charge on any atom is -0.480 e. The summed E-state index contributed by atoms with van der Waals surface area (Å²) in [6, 6.07) is -4.19. The fourth-order valence-corrected chi connectivity index (χ4v) is 3.70. The molecule has 4 atom stereocenters. The molecule has 3 amide bonds. The molecule has 13 nitrogen and oxygen atoms in total. The minimum absolute atomic E-state index is 0.0738. The topological polar surface area (TPSA) is 217 Å². The van der Waals surface area contributed by atoms with Gasteiger partial charge in [0.05, 0.1) is 12.9 Å². The molecular weight excluding hydrogens is 434 g/mol. The van der Waals surface area contributed by atoms with Crippen LogP contribution in [0, 0.1) is 0 Å². The second-order valence-electron chi connectivity index (χ2n) is 8.00. The highest BCUT2D eigenvalue weighted by Crippen LogP contribution is 2.20. The third-order valence-electron chi connectivity index (χ3n) is 5.53. The fraction of sp³-hybridized carbons (Fsp3) is 0.650. The average molecular weight is 468 g/mol. The molecule has 1 aromatic rings. The minimum atomic E-state index is -1.20. The molecule has 184 valence electrons. The lowest BCUT2D eigenvalue weighted by molar-refractivity contribution is -0.145. The van der Waals surface area contributed by atoms with Crippen molar-refractivity contribution in [3.05, 3.63) is 18.2 Å². The lowest BCUT2D eigenvalue weighted by atomic mass is 10.1. The number of aromatic nitrogens is 2. The predicted octanol–water partition coefficient (Wildman–Crippen LogP) is -2.55. The monoisotopic (exact) mass is 467 g/mol. The molecule has 1 aliphatic rings. The van der Waals surface area contributed by atoms with Gasteiger partial charge in [-0.25, -0.2) is 9.78 Å². The van der Waals surface area contributed by atoms with Gasteiger partial charge in [0.2, 0.25) is 17.7 Å². The van der Waals surface area contributed by atoms with E-state index in [1.807, 2.05) is 0 Å². The standard InChI is InChI=1S/C20H33N7O6/c21-6-2-1-4-14(20(32)33)25-18(30)16-5-3-7-27(16)19(31)15(8-12-9-23-11-24-12)26-17(29)13(22)10-28/h9,11,13-16,28H,1-8,10,21-22H2,(H,23,24)(H,25,30)(H,26,29)(H,32,33). The number of nitrogens with one attached hydrogen (secondary N) is 3. The summed E-state index contributed by atoms with van der Waals surface area (Å²) < 4.78 is 0. The van der Waals surface area contributed by atoms with E-state index in [2.05, 4.69) is 20.6 Å². The number of unbranched alkanes of at least 4 members (excludes halogenated alkanes) is 1. The van der Waals surface area contributed by atoms with Crippen LogP contribution in [0.4, 0.5) is 0 Å². The van der Waals surface area contributed by atoms with E-state index >= 15 is 0 Å². The van der Waals surface area contributed by atoms with Crippen LogP contribution in [-0.4, -0.2) is 92.6 Å². The molecule has 13 heteroatoms. The number of H-pyrrole nitrogens is 1. The number of rotatable bonds is 13. The Morgan fingerprint density at radius 3 is 2.61 bits per heavy atom. The number of aromatic amines is 1. The first-order valence-electron chi connectivity index (χ1n) is 11.0. The van der Waals surface area contributed by atoms with Crippen LogP contribution >= 0.6 is 0 Å². The first kappa shape index (κ1) is 26.2. The van der Waals surface area contributed by atoms with E-state index < -0.39 is 54.5 Å². The summed E-state index contributed by atoms with van der Waals surface area (Å²) in [6.45, 7) is 0.115. The number of hydrogen-bond donors (Lipinski definition) is 7. The fourth-order valence-electron chi connectivity index (χ4n) is 3.70. The number of carbonyl (C=O) groups is 4. The van der Waals surface area contributed by atoms with E-state index in [0.29, 0.717) is 37.9 Å². The summed E-state index contributed by atoms with van der Waals surface area (Å²) in [6.07, 6.45) is 5.35. The zero-order valence-electron chi connectivity index (χ0n) is 18.4. The Hall–Kier alpha value is -3.03. The van der Waals surface area contributed by atoms with Gasteiger partial charge in [-0.2, -0.15) is 0 Å². The van der Waals surface area contributed by atoms with Crippen molar-refractivity contribution in [1.29, 1.82) is 0 Å². The molecule has 1 saturated heterocycles. The Morgan fingerprint density at radius 1 is 1.24 bits per heavy atom. The lowest BCUT2D eigenvalue weighted by Gasteiger charge is -2.29. The van der Waals surface area contributed by atoms with Crippen molar-refractivity contribution in [2.24, 2.45) is 11.5 Å². The van der Waals surface area contributed by atoms with Crippen LogP contribution in [0.15, 0.2) is 12.5 Å². The van der Waals surface area contributed by atoms with Crippen LogP contribution in [0.2, 0.25) is 0 Å². The number of carbonyl (C=O) groups excluding carboxylic acids is 3. The Bertz CT molecular complexity index is 803. The quantitative estimate of drug-likeness (QED) is 0.152. The molecule has 0 spiro atoms. The van der Waals surface area contributed by atoms with E-state index in [-0.39, 0.29) is 19.4 Å². The molecule has 2 heterocycles. The van der Waals surface area contributed by atoms with Crippen molar-refractivity contribution < 1.29 is 29.4 Å². The molecule has 0 aliphatic carbocycles. The van der Waals surface area contributed by atoms with Gasteiger partial charge in [-0.15, -0.1) is 0 Å². The molecule has 1 fully saturated rings. The number of nitrogens with zero attached hydrogens (tertiary/aromatic N) is 2. The summed E-state index contributed by atoms with van der Waals surface area (Å²) in [5, 5.41) is 23.6. The summed E-state index contributed by atoms with van der Waals surface area (Å²) in [5.41, 5.74) is 11.6. The molecule has 0 saturated carbocycles. The summed E-state index contributed by atoms with van der Waals surface area (Å²) in [5.74, 6) is -2.92. The van der Waals surface area contributed by atoms with Gasteiger partial charge in [-0.05, 0) is 38.6 Å². The van der Waals surface area contributed by atoms with Crippen molar-refractivity contribution in [3.8, 4) is 0 Å². The largest absolute Gasteiger partial charge is 0.480 e. The van der Waals surface area contributed by atoms with Crippen LogP contribution < -0.4 is 22.1 Å². The van der Waals surface area contributed by atoms with E-state index in [9.17, 15) is 24.3 Å². The molecule has 33 heavy (non-hydrogen) atoms. The molecule has 2 rings (SSSR count). The SMILES string of the molecule is NCCCCC(NC(=O)C1CCCN1C(=O)C(Cc1cnc[nH]1)NC(=O)C(N)CO)C(=O)O. The number of aliphatic carboxylic acids is 1. The van der Waals surface area contributed by atoms with Gasteiger partial charge >= 0.3 is 5.97 Å². The average Bonchev–Trinajstić information content (AvgIpc) is 3.48. The van der Waals surface area contributed by atoms with Crippen molar-refractivity contribution >= 4 is 23.7 Å². The van der Waals surface area contributed by atoms with Gasteiger partial charge in [0.1, 0.15) is 24.2 Å². The molecule has 1 aromatic heterocycles. The number of hydrogen-bond acceptors (Lipinski definition) is 8. The highest BCUT2D eigenvalue weighted by molar-refractivity contribution is 5.94. The zero-order valence-corrected chi connectivity index (χ0v) is 18.4. The van der Waals surface area contributed by atoms with Gasteiger partial charge in [0, 0.05) is 24.9 Å². The van der Waals surface area contributed by atoms with Crippen LogP contribution in [-0.2, 0) is 25.6 Å². The Labute approximate surface area is 191 Å². The maximum absolute atomic E-state index is 13.3. The third-order valence-corrected chi connectivity index (χ3v) is 5.53. The van der Waals surface area contributed by atoms with E-state index in [1.54, 1.807) is 0 Å². The van der Waals surface area contributed by atoms with Crippen LogP contribution in [0.1, 0.15) is 37.8 Å². The number of amides is 3. The van der Waals surface area contributed by atoms with E-state index in [4.69, 9.17) is 16.6 Å². The van der Waals surface area contributed by atoms with Gasteiger partial charge < -0.3 is 42.2 Å². The second kappa shape index (κ2) is 12.9. The van der Waals surface area contributed by atoms with Crippen molar-refractivity contribution in [1.82, 2.24) is 25.5 Å². The molecule has 0 radical (unpaired) electrons. The van der Waals surface area contributed by atoms with Crippen molar-refractivity contribution in [2.75, 3.05) is 19.7 Å². The van der Waals surface area contributed by atoms with Gasteiger partial charge in [0.15, 0.2) is 0 Å². The first-order valence-corrected chi connectivity index (χ1v) is 11.0. The van der Waals surface area contributed by atoms with Crippen LogP contribution in [0.3, 0.4) is 0 Å². The van der Waals surface area contributed by atoms with Crippen molar-refractivity contribution in [2.45, 2.75) is 62.7 Å². The van der Waals surface area contributed by atoms with Gasteiger partial charge in [0.25, 0.3) is 0 Å². The molecule has 4 unspecified atom stereocenters. The van der Waals surface area contributed by atoms with Crippen LogP contribution in [0.25, 0.3) is 0 Å². The molecule has 0 aromatic carbocycles. The summed E-state index contributed by atoms with van der Waals surface area (Å²) >= 11 is 0. The number of likely N-dealkylation sites (tertiary alicyclic amines) is 1. The number of carboxylic acids is 1. The van der Waals surface area contributed by atoms with Gasteiger partial charge in [-0.3, -0.25) is 14.4 Å². The Morgan fingerprint density at radius 2 is 2.00 bits per heavy atom. The predicted molar refractivity (Wildman–Crippen MR) is 116 cm³/mol. The van der Waals surface area contributed by atoms with E-state index in [0.717, 1.165) is 0 Å². The maximum atomic E-state index is 13.3. The number of nitrogens with two attached hydrogens (primary N) is 2. The third kappa shape index (κ3) is 7.51. The van der Waals surface area contributed by atoms with Crippen LogP contribution in [0.5, 0.6) is 0 Å². The highest BCUT2D eigenvalue weighted by atomic mass is 16.4. The summed E-state index contributed by atoms with van der Waals surface area (Å²) in [7, 11) is 0. The number of carboxylic acid groups (broad SMARTS) is 1. The highest BCUT2D eigenvalue weighted by Gasteiger charge is 2.39. The van der Waals surface area contributed by atoms with Gasteiger partial charge in [-0.1, -0.05) is 0 Å². The normalized spacial score (nSPS) is 18.4. The Kier molecular flexibility index (Phi) is 10.2. The molecule has 9 N–H and O–H groups in total. The second-order valence-corrected chi connectivity index (χ2v) is 8.00. The zero-order chi connectivity index (χ0) is 24.4. The summed E-state index contributed by atoms with van der Waals surface area (Å²) in [4.78, 5) is 58.1. The molecule has 1 aliphatic heterocycles. The first-order chi connectivity index (χ1) is 15.8. The Balaban J connectivity index is 2.12. The number of aliphatic hydroxyl groups excluding tert-OH is 1. The molecule has 0 bridgehead atoms.